The van der Waals surface area contributed by atoms with E-state index < -0.39 is 0 Å². The first-order chi connectivity index (χ1) is 11.4. The minimum Gasteiger partial charge on any atom is -0.278 e. The van der Waals surface area contributed by atoms with E-state index in [1.54, 1.807) is 0 Å². The number of carbonyl (C=O) groups is 4. The lowest BCUT2D eigenvalue weighted by molar-refractivity contribution is -0.138. The summed E-state index contributed by atoms with van der Waals surface area (Å²) in [4.78, 5) is 49.3. The number of rotatable bonds is 9. The van der Waals surface area contributed by atoms with Gasteiger partial charge in [-0.15, -0.1) is 0 Å². The lowest BCUT2D eigenvalue weighted by atomic mass is 10.1. The highest BCUT2D eigenvalue weighted by Crippen LogP contribution is 2.14. The number of hydrogen-bond acceptors (Lipinski definition) is 6. The number of nitrogens with zero attached hydrogens (tertiary/aromatic N) is 2. The number of carbonyl (C=O) groups excluding carboxylic acids is 4. The van der Waals surface area contributed by atoms with Gasteiger partial charge in [0.15, 0.2) is 0 Å². The van der Waals surface area contributed by atoms with Gasteiger partial charge in [0.2, 0.25) is 11.8 Å². The molecule has 0 aliphatic carbocycles. The van der Waals surface area contributed by atoms with Crippen molar-refractivity contribution in [3.05, 3.63) is 0 Å². The number of hydrogen-bond donors (Lipinski definition) is 0. The Hall–Kier alpha value is -1.54. The van der Waals surface area contributed by atoms with Crippen molar-refractivity contribution in [1.82, 2.24) is 9.80 Å². The Morgan fingerprint density at radius 2 is 0.958 bits per heavy atom. The van der Waals surface area contributed by atoms with E-state index >= 15 is 0 Å². The molecule has 4 amide bonds. The molecule has 0 bridgehead atoms. The second kappa shape index (κ2) is 8.53. The molecule has 0 N–H and O–H groups in total. The molecule has 2 aliphatic rings. The van der Waals surface area contributed by atoms with Crippen LogP contribution in [0.5, 0.6) is 0 Å². The maximum absolute atomic E-state index is 11.6. The molecule has 0 aromatic heterocycles. The molecular formula is C16H20N2O4S2. The maximum Gasteiger partial charge on any atom is 0.267 e. The van der Waals surface area contributed by atoms with Crippen molar-refractivity contribution in [1.29, 1.82) is 0 Å². The van der Waals surface area contributed by atoms with Gasteiger partial charge in [0.25, 0.3) is 11.8 Å². The van der Waals surface area contributed by atoms with E-state index in [9.17, 15) is 19.2 Å². The average Bonchev–Trinajstić information content (AvgIpc) is 2.91. The van der Waals surface area contributed by atoms with Gasteiger partial charge in [-0.05, 0) is 12.8 Å². The highest BCUT2D eigenvalue weighted by molar-refractivity contribution is 7.82. The van der Waals surface area contributed by atoms with E-state index in [4.69, 9.17) is 24.4 Å². The summed E-state index contributed by atoms with van der Waals surface area (Å²) in [5, 5.41) is 0. The Kier molecular flexibility index (Phi) is 6.68. The van der Waals surface area contributed by atoms with Crippen LogP contribution in [-0.2, 0) is 19.2 Å². The van der Waals surface area contributed by atoms with Crippen LogP contribution in [0, 0.1) is 0 Å². The minimum atomic E-state index is -0.312. The van der Waals surface area contributed by atoms with Crippen LogP contribution < -0.4 is 0 Å². The SMILES string of the molecule is O=C1CC(=S)C(=O)N1CCCCCCCCN1C(=O)CC(=S)C1=O. The number of unbranched alkanes of at least 4 members (excludes halogenated alkanes) is 5. The summed E-state index contributed by atoms with van der Waals surface area (Å²) in [6.07, 6.45) is 5.53. The number of amides is 4. The maximum atomic E-state index is 11.6. The Morgan fingerprint density at radius 1 is 0.625 bits per heavy atom. The second-order valence-electron chi connectivity index (χ2n) is 6.02. The summed E-state index contributed by atoms with van der Waals surface area (Å²) in [5.41, 5.74) is 0. The van der Waals surface area contributed by atoms with Crippen LogP contribution in [0.2, 0.25) is 0 Å². The first-order valence-electron chi connectivity index (χ1n) is 8.17. The fraction of sp³-hybridized carbons (Fsp3) is 0.625. The van der Waals surface area contributed by atoms with Gasteiger partial charge in [0.1, 0.15) is 0 Å². The van der Waals surface area contributed by atoms with E-state index in [1.807, 2.05) is 0 Å². The molecule has 0 aromatic carbocycles. The van der Waals surface area contributed by atoms with Crippen LogP contribution in [0.25, 0.3) is 0 Å². The van der Waals surface area contributed by atoms with E-state index in [1.165, 1.54) is 9.80 Å². The van der Waals surface area contributed by atoms with Crippen LogP contribution in [0.4, 0.5) is 0 Å². The van der Waals surface area contributed by atoms with E-state index in [2.05, 4.69) is 0 Å². The van der Waals surface area contributed by atoms with Gasteiger partial charge >= 0.3 is 0 Å². The second-order valence-corrected chi connectivity index (χ2v) is 7.01. The monoisotopic (exact) mass is 368 g/mol. The quantitative estimate of drug-likeness (QED) is 0.349. The summed E-state index contributed by atoms with van der Waals surface area (Å²) in [6.45, 7) is 0.873. The van der Waals surface area contributed by atoms with E-state index in [-0.39, 0.29) is 46.2 Å². The van der Waals surface area contributed by atoms with Crippen molar-refractivity contribution in [3.8, 4) is 0 Å². The van der Waals surface area contributed by atoms with Crippen LogP contribution in [0.3, 0.4) is 0 Å². The number of likely N-dealkylation sites (tertiary alicyclic amines) is 2. The van der Waals surface area contributed by atoms with Crippen molar-refractivity contribution >= 4 is 57.8 Å². The molecule has 8 heteroatoms. The first-order valence-corrected chi connectivity index (χ1v) is 8.98. The fourth-order valence-corrected chi connectivity index (χ4v) is 3.31. The van der Waals surface area contributed by atoms with Gasteiger partial charge in [-0.25, -0.2) is 0 Å². The largest absolute Gasteiger partial charge is 0.278 e. The third-order valence-electron chi connectivity index (χ3n) is 4.21. The molecule has 0 radical (unpaired) electrons. The summed E-state index contributed by atoms with van der Waals surface area (Å²) in [5.74, 6) is -1.01. The molecule has 0 aromatic rings. The van der Waals surface area contributed by atoms with Crippen molar-refractivity contribution in [2.24, 2.45) is 0 Å². The molecule has 2 saturated heterocycles. The molecule has 2 heterocycles. The van der Waals surface area contributed by atoms with Crippen LogP contribution in [-0.4, -0.2) is 56.2 Å². The molecule has 24 heavy (non-hydrogen) atoms. The predicted molar refractivity (Wildman–Crippen MR) is 95.6 cm³/mol. The van der Waals surface area contributed by atoms with Gasteiger partial charge in [0.05, 0.1) is 22.6 Å². The molecule has 6 nitrogen and oxygen atoms in total. The Balaban J connectivity index is 1.52. The highest BCUT2D eigenvalue weighted by Gasteiger charge is 2.33. The lowest BCUT2D eigenvalue weighted by Crippen LogP contribution is -2.31. The lowest BCUT2D eigenvalue weighted by Gasteiger charge is -2.13. The summed E-state index contributed by atoms with van der Waals surface area (Å²) in [6, 6.07) is 0. The molecule has 0 spiro atoms. The van der Waals surface area contributed by atoms with Crippen molar-refractivity contribution in [2.75, 3.05) is 13.1 Å². The Labute approximate surface area is 151 Å². The molecule has 0 unspecified atom stereocenters. The zero-order chi connectivity index (χ0) is 17.7. The molecule has 0 saturated carbocycles. The molecule has 2 rings (SSSR count). The molecule has 2 aliphatic heterocycles. The molecular weight excluding hydrogens is 348 g/mol. The van der Waals surface area contributed by atoms with Gasteiger partial charge in [-0.2, -0.15) is 0 Å². The zero-order valence-electron chi connectivity index (χ0n) is 13.4. The Bertz CT molecular complexity index is 551. The van der Waals surface area contributed by atoms with E-state index in [0.29, 0.717) is 13.1 Å². The van der Waals surface area contributed by atoms with Crippen molar-refractivity contribution in [2.45, 2.75) is 51.4 Å². The zero-order valence-corrected chi connectivity index (χ0v) is 15.0. The number of thiocarbonyl (C=S) groups is 2. The highest BCUT2D eigenvalue weighted by atomic mass is 32.1. The first kappa shape index (κ1) is 18.8. The standard InChI is InChI=1S/C16H20N2O4S2/c19-13-9-11(23)15(21)17(13)7-5-3-1-2-4-6-8-18-14(20)10-12(24)16(18)22/h1-10H2. The van der Waals surface area contributed by atoms with Gasteiger partial charge in [0, 0.05) is 13.1 Å². The fourth-order valence-electron chi connectivity index (χ4n) is 2.84. The van der Waals surface area contributed by atoms with Gasteiger partial charge in [-0.3, -0.25) is 29.0 Å². The number of imide groups is 2. The van der Waals surface area contributed by atoms with Crippen molar-refractivity contribution in [3.63, 3.8) is 0 Å². The third kappa shape index (κ3) is 4.51. The third-order valence-corrected chi connectivity index (χ3v) is 4.84. The Morgan fingerprint density at radius 3 is 1.25 bits per heavy atom. The van der Waals surface area contributed by atoms with Crippen molar-refractivity contribution < 1.29 is 19.2 Å². The average molecular weight is 368 g/mol. The molecule has 0 atom stereocenters. The van der Waals surface area contributed by atoms with Gasteiger partial charge < -0.3 is 0 Å². The summed E-state index contributed by atoms with van der Waals surface area (Å²) in [7, 11) is 0. The van der Waals surface area contributed by atoms with E-state index in [0.717, 1.165) is 38.5 Å². The van der Waals surface area contributed by atoms with Gasteiger partial charge in [-0.1, -0.05) is 50.1 Å². The topological polar surface area (TPSA) is 74.8 Å². The summed E-state index contributed by atoms with van der Waals surface area (Å²) >= 11 is 9.69. The normalized spacial score (nSPS) is 18.5. The smallest absolute Gasteiger partial charge is 0.267 e. The summed E-state index contributed by atoms with van der Waals surface area (Å²) < 4.78 is 0. The minimum absolute atomic E-state index is 0.0749. The van der Waals surface area contributed by atoms with Crippen LogP contribution in [0.1, 0.15) is 51.4 Å². The molecule has 2 fully saturated rings. The van der Waals surface area contributed by atoms with Crippen LogP contribution >= 0.6 is 24.4 Å². The predicted octanol–water partition coefficient (Wildman–Crippen LogP) is 1.58. The molecule has 130 valence electrons. The van der Waals surface area contributed by atoms with Crippen LogP contribution in [0.15, 0.2) is 0 Å².